The summed E-state index contributed by atoms with van der Waals surface area (Å²) in [4.78, 5) is 0. The molecule has 0 aromatic heterocycles. The van der Waals surface area contributed by atoms with Crippen LogP contribution in [-0.2, 0) is 13.0 Å². The summed E-state index contributed by atoms with van der Waals surface area (Å²) in [6.45, 7) is 3.04. The summed E-state index contributed by atoms with van der Waals surface area (Å²) in [5.41, 5.74) is 2.41. The molecule has 0 amide bonds. The van der Waals surface area contributed by atoms with Gasteiger partial charge in [0.2, 0.25) is 0 Å². The molecule has 0 aliphatic carbocycles. The molecule has 1 heterocycles. The van der Waals surface area contributed by atoms with Crippen LogP contribution in [0.3, 0.4) is 0 Å². The van der Waals surface area contributed by atoms with Crippen molar-refractivity contribution in [1.29, 1.82) is 0 Å². The highest BCUT2D eigenvalue weighted by molar-refractivity contribution is 5.30. The summed E-state index contributed by atoms with van der Waals surface area (Å²) in [6, 6.07) is 5.60. The summed E-state index contributed by atoms with van der Waals surface area (Å²) in [5, 5.41) is 3.42. The number of rotatable bonds is 1. The van der Waals surface area contributed by atoms with E-state index >= 15 is 0 Å². The van der Waals surface area contributed by atoms with Crippen LogP contribution in [0.25, 0.3) is 0 Å². The van der Waals surface area contributed by atoms with Crippen molar-refractivity contribution in [3.8, 4) is 0 Å². The summed E-state index contributed by atoms with van der Waals surface area (Å²) in [5.74, 6) is -0.115. The lowest BCUT2D eigenvalue weighted by Gasteiger charge is -2.25. The van der Waals surface area contributed by atoms with Crippen molar-refractivity contribution in [2.75, 3.05) is 0 Å². The van der Waals surface area contributed by atoms with Gasteiger partial charge in [-0.1, -0.05) is 13.0 Å². The predicted molar refractivity (Wildman–Crippen MR) is 51.0 cm³/mol. The number of halogens is 1. The molecule has 1 nitrogen and oxygen atoms in total. The summed E-state index contributed by atoms with van der Waals surface area (Å²) >= 11 is 0. The average Bonchev–Trinajstić information content (AvgIpc) is 2.16. The lowest BCUT2D eigenvalue weighted by molar-refractivity contribution is 0.465. The van der Waals surface area contributed by atoms with Gasteiger partial charge in [0.25, 0.3) is 0 Å². The molecule has 0 bridgehead atoms. The minimum atomic E-state index is -0.115. The van der Waals surface area contributed by atoms with Gasteiger partial charge < -0.3 is 5.32 Å². The molecule has 1 unspecified atom stereocenters. The van der Waals surface area contributed by atoms with Crippen molar-refractivity contribution in [2.45, 2.75) is 32.4 Å². The molecular weight excluding hydrogens is 165 g/mol. The number of hydrogen-bond donors (Lipinski definition) is 1. The fourth-order valence-corrected chi connectivity index (χ4v) is 1.84. The van der Waals surface area contributed by atoms with Crippen LogP contribution in [0, 0.1) is 5.82 Å². The van der Waals surface area contributed by atoms with Crippen LogP contribution >= 0.6 is 0 Å². The molecule has 2 heteroatoms. The van der Waals surface area contributed by atoms with Gasteiger partial charge in [-0.25, -0.2) is 4.39 Å². The first-order valence-electron chi connectivity index (χ1n) is 4.80. The van der Waals surface area contributed by atoms with E-state index in [1.165, 1.54) is 17.2 Å². The number of nitrogens with one attached hydrogen (secondary N) is 1. The quantitative estimate of drug-likeness (QED) is 0.697. The van der Waals surface area contributed by atoms with Gasteiger partial charge in [0.15, 0.2) is 0 Å². The molecule has 13 heavy (non-hydrogen) atoms. The van der Waals surface area contributed by atoms with Gasteiger partial charge in [0, 0.05) is 12.6 Å². The molecule has 70 valence electrons. The topological polar surface area (TPSA) is 12.0 Å². The first-order valence-corrected chi connectivity index (χ1v) is 4.80. The number of benzene rings is 1. The van der Waals surface area contributed by atoms with Crippen LogP contribution in [0.4, 0.5) is 4.39 Å². The third-order valence-corrected chi connectivity index (χ3v) is 2.71. The van der Waals surface area contributed by atoms with Crippen LogP contribution in [0.2, 0.25) is 0 Å². The van der Waals surface area contributed by atoms with Crippen molar-refractivity contribution < 1.29 is 4.39 Å². The lowest BCUT2D eigenvalue weighted by Crippen LogP contribution is -2.34. The summed E-state index contributed by atoms with van der Waals surface area (Å²) in [7, 11) is 0. The average molecular weight is 179 g/mol. The second-order valence-electron chi connectivity index (χ2n) is 3.60. The maximum atomic E-state index is 12.9. The van der Waals surface area contributed by atoms with E-state index in [4.69, 9.17) is 0 Å². The van der Waals surface area contributed by atoms with Crippen molar-refractivity contribution in [3.05, 3.63) is 35.1 Å². The van der Waals surface area contributed by atoms with Gasteiger partial charge in [-0.3, -0.25) is 0 Å². The number of hydrogen-bond acceptors (Lipinski definition) is 1. The molecule has 0 saturated heterocycles. The molecule has 1 aliphatic heterocycles. The Morgan fingerprint density at radius 3 is 3.08 bits per heavy atom. The Morgan fingerprint density at radius 2 is 2.31 bits per heavy atom. The zero-order valence-corrected chi connectivity index (χ0v) is 7.81. The summed E-state index contributed by atoms with van der Waals surface area (Å²) in [6.07, 6.45) is 2.07. The highest BCUT2D eigenvalue weighted by Gasteiger charge is 2.16. The Balaban J connectivity index is 2.27. The standard InChI is InChI=1S/C11H14FN/c1-2-11-6-9-5-10(12)4-3-8(9)7-13-11/h3-5,11,13H,2,6-7H2,1H3. The van der Waals surface area contributed by atoms with Crippen LogP contribution in [0.1, 0.15) is 24.5 Å². The smallest absolute Gasteiger partial charge is 0.123 e. The van der Waals surface area contributed by atoms with Crippen LogP contribution < -0.4 is 5.32 Å². The Morgan fingerprint density at radius 1 is 1.46 bits per heavy atom. The van der Waals surface area contributed by atoms with E-state index in [2.05, 4.69) is 12.2 Å². The fourth-order valence-electron chi connectivity index (χ4n) is 1.84. The van der Waals surface area contributed by atoms with Crippen molar-refractivity contribution >= 4 is 0 Å². The van der Waals surface area contributed by atoms with Gasteiger partial charge in [0.05, 0.1) is 0 Å². The van der Waals surface area contributed by atoms with Gasteiger partial charge in [-0.2, -0.15) is 0 Å². The maximum Gasteiger partial charge on any atom is 0.123 e. The minimum absolute atomic E-state index is 0.115. The van der Waals surface area contributed by atoms with Crippen LogP contribution in [0.15, 0.2) is 18.2 Å². The molecule has 2 rings (SSSR count). The fraction of sp³-hybridized carbons (Fsp3) is 0.455. The van der Waals surface area contributed by atoms with E-state index in [0.29, 0.717) is 6.04 Å². The van der Waals surface area contributed by atoms with E-state index in [0.717, 1.165) is 19.4 Å². The van der Waals surface area contributed by atoms with E-state index in [1.807, 2.05) is 6.07 Å². The predicted octanol–water partition coefficient (Wildman–Crippen LogP) is 2.25. The van der Waals surface area contributed by atoms with Crippen molar-refractivity contribution in [2.24, 2.45) is 0 Å². The maximum absolute atomic E-state index is 12.9. The van der Waals surface area contributed by atoms with Crippen LogP contribution in [0.5, 0.6) is 0 Å². The molecule has 0 fully saturated rings. The van der Waals surface area contributed by atoms with Gasteiger partial charge >= 0.3 is 0 Å². The molecule has 1 aromatic rings. The Labute approximate surface area is 78.0 Å². The van der Waals surface area contributed by atoms with E-state index in [-0.39, 0.29) is 5.82 Å². The third kappa shape index (κ3) is 1.73. The van der Waals surface area contributed by atoms with Gasteiger partial charge in [-0.05, 0) is 36.1 Å². The first-order chi connectivity index (χ1) is 6.29. The zero-order chi connectivity index (χ0) is 9.26. The highest BCUT2D eigenvalue weighted by atomic mass is 19.1. The third-order valence-electron chi connectivity index (χ3n) is 2.71. The monoisotopic (exact) mass is 179 g/mol. The lowest BCUT2D eigenvalue weighted by atomic mass is 9.94. The van der Waals surface area contributed by atoms with E-state index < -0.39 is 0 Å². The minimum Gasteiger partial charge on any atom is -0.310 e. The van der Waals surface area contributed by atoms with Gasteiger partial charge in [0.1, 0.15) is 5.82 Å². The van der Waals surface area contributed by atoms with E-state index in [1.54, 1.807) is 6.07 Å². The largest absolute Gasteiger partial charge is 0.310 e. The summed E-state index contributed by atoms with van der Waals surface area (Å²) < 4.78 is 12.9. The Bertz CT molecular complexity index is 309. The number of fused-ring (bicyclic) bond motifs is 1. The molecule has 0 saturated carbocycles. The molecule has 0 spiro atoms. The normalized spacial score (nSPS) is 21.2. The SMILES string of the molecule is CCC1Cc2cc(F)ccc2CN1. The molecule has 0 radical (unpaired) electrons. The van der Waals surface area contributed by atoms with Crippen LogP contribution in [-0.4, -0.2) is 6.04 Å². The second kappa shape index (κ2) is 3.46. The Hall–Kier alpha value is -0.890. The first kappa shape index (κ1) is 8.70. The molecular formula is C11H14FN. The van der Waals surface area contributed by atoms with E-state index in [9.17, 15) is 4.39 Å². The zero-order valence-electron chi connectivity index (χ0n) is 7.81. The van der Waals surface area contributed by atoms with Crippen molar-refractivity contribution in [1.82, 2.24) is 5.32 Å². The molecule has 1 N–H and O–H groups in total. The Kier molecular flexibility index (Phi) is 2.32. The molecule has 1 aliphatic rings. The van der Waals surface area contributed by atoms with Crippen molar-refractivity contribution in [3.63, 3.8) is 0 Å². The second-order valence-corrected chi connectivity index (χ2v) is 3.60. The molecule has 1 aromatic carbocycles. The highest BCUT2D eigenvalue weighted by Crippen LogP contribution is 2.18. The van der Waals surface area contributed by atoms with Gasteiger partial charge in [-0.15, -0.1) is 0 Å². The molecule has 1 atom stereocenters.